The average Bonchev–Trinajstić information content (AvgIpc) is 2.44. The molecule has 7 nitrogen and oxygen atoms in total. The summed E-state index contributed by atoms with van der Waals surface area (Å²) in [4.78, 5) is 38.6. The van der Waals surface area contributed by atoms with Crippen LogP contribution in [0, 0.1) is 0 Å². The monoisotopic (exact) mass is 313 g/mol. The Kier molecular flexibility index (Phi) is 7.14. The number of carbonyl (C=O) groups excluding carboxylic acids is 3. The maximum Gasteiger partial charge on any atom is 0.409 e. The lowest BCUT2D eigenvalue weighted by molar-refractivity contribution is -0.137. The molecule has 126 valence electrons. The molecule has 1 aliphatic heterocycles. The van der Waals surface area contributed by atoms with Gasteiger partial charge in [0.25, 0.3) is 0 Å². The molecular formula is C15H27N3O4. The molecule has 0 aliphatic carbocycles. The van der Waals surface area contributed by atoms with Gasteiger partial charge in [-0.2, -0.15) is 0 Å². The third-order valence-electron chi connectivity index (χ3n) is 3.60. The van der Waals surface area contributed by atoms with Gasteiger partial charge in [0.1, 0.15) is 0 Å². The second-order valence-corrected chi connectivity index (χ2v) is 5.79. The van der Waals surface area contributed by atoms with Crippen molar-refractivity contribution < 1.29 is 19.1 Å². The number of hydrogen-bond acceptors (Lipinski definition) is 4. The van der Waals surface area contributed by atoms with Crippen LogP contribution in [0.2, 0.25) is 0 Å². The van der Waals surface area contributed by atoms with E-state index in [4.69, 9.17) is 4.74 Å². The first-order valence-electron chi connectivity index (χ1n) is 7.83. The second-order valence-electron chi connectivity index (χ2n) is 5.79. The van der Waals surface area contributed by atoms with Crippen LogP contribution in [-0.4, -0.2) is 66.0 Å². The molecule has 0 aromatic rings. The van der Waals surface area contributed by atoms with Gasteiger partial charge < -0.3 is 19.9 Å². The molecule has 0 atom stereocenters. The average molecular weight is 313 g/mol. The Morgan fingerprint density at radius 3 is 2.32 bits per heavy atom. The molecule has 1 aliphatic rings. The summed E-state index contributed by atoms with van der Waals surface area (Å²) in [5.74, 6) is -0.272. The molecule has 1 saturated heterocycles. The van der Waals surface area contributed by atoms with Crippen LogP contribution >= 0.6 is 0 Å². The Labute approximate surface area is 132 Å². The normalized spacial score (nSPS) is 15.6. The number of piperidine rings is 1. The number of rotatable bonds is 5. The van der Waals surface area contributed by atoms with Crippen LogP contribution < -0.4 is 5.32 Å². The van der Waals surface area contributed by atoms with E-state index in [-0.39, 0.29) is 36.5 Å². The minimum atomic E-state index is -0.312. The number of nitrogens with one attached hydrogen (secondary N) is 1. The Morgan fingerprint density at radius 1 is 1.27 bits per heavy atom. The fourth-order valence-corrected chi connectivity index (χ4v) is 2.59. The molecule has 1 fully saturated rings. The highest BCUT2D eigenvalue weighted by Gasteiger charge is 2.29. The summed E-state index contributed by atoms with van der Waals surface area (Å²) in [7, 11) is 0. The van der Waals surface area contributed by atoms with Gasteiger partial charge in [-0.15, -0.1) is 0 Å². The molecule has 0 aromatic carbocycles. The van der Waals surface area contributed by atoms with E-state index in [1.165, 1.54) is 6.92 Å². The van der Waals surface area contributed by atoms with Gasteiger partial charge in [-0.3, -0.25) is 9.59 Å². The number of hydrogen-bond donors (Lipinski definition) is 1. The molecule has 3 amide bonds. The molecule has 7 heteroatoms. The molecule has 1 rings (SSSR count). The van der Waals surface area contributed by atoms with Crippen molar-refractivity contribution in [3.63, 3.8) is 0 Å². The van der Waals surface area contributed by atoms with Crippen LogP contribution in [0.1, 0.15) is 40.5 Å². The molecule has 0 unspecified atom stereocenters. The van der Waals surface area contributed by atoms with E-state index in [1.807, 2.05) is 13.8 Å². The fourth-order valence-electron chi connectivity index (χ4n) is 2.59. The van der Waals surface area contributed by atoms with Crippen molar-refractivity contribution in [2.45, 2.75) is 52.6 Å². The van der Waals surface area contributed by atoms with E-state index in [0.717, 1.165) is 0 Å². The van der Waals surface area contributed by atoms with Gasteiger partial charge in [0.05, 0.1) is 13.2 Å². The predicted octanol–water partition coefficient (Wildman–Crippen LogP) is 0.980. The first kappa shape index (κ1) is 18.3. The van der Waals surface area contributed by atoms with Crippen LogP contribution in [0.4, 0.5) is 4.79 Å². The van der Waals surface area contributed by atoms with Crippen molar-refractivity contribution >= 4 is 17.9 Å². The van der Waals surface area contributed by atoms with Gasteiger partial charge in [0, 0.05) is 32.1 Å². The zero-order valence-electron chi connectivity index (χ0n) is 13.9. The predicted molar refractivity (Wildman–Crippen MR) is 82.3 cm³/mol. The lowest BCUT2D eigenvalue weighted by Gasteiger charge is -2.37. The Balaban J connectivity index is 2.55. The van der Waals surface area contributed by atoms with Gasteiger partial charge in [0.15, 0.2) is 0 Å². The van der Waals surface area contributed by atoms with Gasteiger partial charge >= 0.3 is 6.09 Å². The summed E-state index contributed by atoms with van der Waals surface area (Å²) in [5, 5.41) is 2.79. The van der Waals surface area contributed by atoms with E-state index in [1.54, 1.807) is 16.7 Å². The number of carbonyl (C=O) groups is 3. The largest absolute Gasteiger partial charge is 0.450 e. The van der Waals surface area contributed by atoms with Crippen molar-refractivity contribution in [2.75, 3.05) is 26.2 Å². The standard InChI is InChI=1S/C15H27N3O4/c1-5-22-15(21)17-8-6-13(7-9-17)18(12(4)19)10-14(20)16-11(2)3/h11,13H,5-10H2,1-4H3,(H,16,20). The summed E-state index contributed by atoms with van der Waals surface area (Å²) < 4.78 is 4.98. The SMILES string of the molecule is CCOC(=O)N1CCC(N(CC(=O)NC(C)C)C(C)=O)CC1. The number of ether oxygens (including phenoxy) is 1. The highest BCUT2D eigenvalue weighted by atomic mass is 16.6. The summed E-state index contributed by atoms with van der Waals surface area (Å²) in [6.07, 6.45) is 1.01. The Hall–Kier alpha value is -1.79. The smallest absolute Gasteiger partial charge is 0.409 e. The lowest BCUT2D eigenvalue weighted by atomic mass is 10.0. The minimum Gasteiger partial charge on any atom is -0.450 e. The molecule has 0 bridgehead atoms. The number of likely N-dealkylation sites (tertiary alicyclic amines) is 1. The summed E-state index contributed by atoms with van der Waals surface area (Å²) >= 11 is 0. The molecule has 0 radical (unpaired) electrons. The van der Waals surface area contributed by atoms with Crippen molar-refractivity contribution in [2.24, 2.45) is 0 Å². The quantitative estimate of drug-likeness (QED) is 0.820. The first-order chi connectivity index (χ1) is 10.3. The molecular weight excluding hydrogens is 286 g/mol. The van der Waals surface area contributed by atoms with Crippen LogP contribution in [0.25, 0.3) is 0 Å². The Morgan fingerprint density at radius 2 is 1.86 bits per heavy atom. The zero-order chi connectivity index (χ0) is 16.7. The number of amides is 3. The maximum absolute atomic E-state index is 11.9. The minimum absolute atomic E-state index is 0.0129. The third kappa shape index (κ3) is 5.54. The molecule has 0 saturated carbocycles. The van der Waals surface area contributed by atoms with Crippen LogP contribution in [-0.2, 0) is 14.3 Å². The Bertz CT molecular complexity index is 404. The lowest BCUT2D eigenvalue weighted by Crippen LogP contribution is -2.51. The van der Waals surface area contributed by atoms with Crippen LogP contribution in [0.15, 0.2) is 0 Å². The van der Waals surface area contributed by atoms with Crippen LogP contribution in [0.3, 0.4) is 0 Å². The topological polar surface area (TPSA) is 79.0 Å². The van der Waals surface area contributed by atoms with E-state index < -0.39 is 0 Å². The highest BCUT2D eigenvalue weighted by Crippen LogP contribution is 2.17. The van der Waals surface area contributed by atoms with Gasteiger partial charge in [-0.05, 0) is 33.6 Å². The highest BCUT2D eigenvalue weighted by molar-refractivity contribution is 5.84. The second kappa shape index (κ2) is 8.60. The van der Waals surface area contributed by atoms with E-state index in [0.29, 0.717) is 32.5 Å². The van der Waals surface area contributed by atoms with Crippen molar-refractivity contribution in [1.29, 1.82) is 0 Å². The van der Waals surface area contributed by atoms with Gasteiger partial charge in [-0.25, -0.2) is 4.79 Å². The van der Waals surface area contributed by atoms with Crippen molar-refractivity contribution in [3.8, 4) is 0 Å². The van der Waals surface area contributed by atoms with Crippen molar-refractivity contribution in [1.82, 2.24) is 15.1 Å². The zero-order valence-corrected chi connectivity index (χ0v) is 13.9. The maximum atomic E-state index is 11.9. The molecule has 1 N–H and O–H groups in total. The molecule has 1 heterocycles. The molecule has 0 aromatic heterocycles. The van der Waals surface area contributed by atoms with Crippen molar-refractivity contribution in [3.05, 3.63) is 0 Å². The molecule has 22 heavy (non-hydrogen) atoms. The van der Waals surface area contributed by atoms with E-state index in [2.05, 4.69) is 5.32 Å². The summed E-state index contributed by atoms with van der Waals surface area (Å²) in [6, 6.07) is 0.0352. The van der Waals surface area contributed by atoms with Gasteiger partial charge in [-0.1, -0.05) is 0 Å². The van der Waals surface area contributed by atoms with E-state index in [9.17, 15) is 14.4 Å². The first-order valence-corrected chi connectivity index (χ1v) is 7.83. The number of nitrogens with zero attached hydrogens (tertiary/aromatic N) is 2. The summed E-state index contributed by atoms with van der Waals surface area (Å²) in [6.45, 7) is 8.51. The van der Waals surface area contributed by atoms with Gasteiger partial charge in [0.2, 0.25) is 11.8 Å². The third-order valence-corrected chi connectivity index (χ3v) is 3.60. The fraction of sp³-hybridized carbons (Fsp3) is 0.800. The van der Waals surface area contributed by atoms with E-state index >= 15 is 0 Å². The summed E-state index contributed by atoms with van der Waals surface area (Å²) in [5.41, 5.74) is 0. The van der Waals surface area contributed by atoms with Crippen LogP contribution in [0.5, 0.6) is 0 Å². The molecule has 0 spiro atoms.